The van der Waals surface area contributed by atoms with Crippen LogP contribution in [0.2, 0.25) is 0 Å². The highest BCUT2D eigenvalue weighted by Crippen LogP contribution is 2.17. The van der Waals surface area contributed by atoms with Crippen molar-refractivity contribution in [3.8, 4) is 23.7 Å². The normalized spacial score (nSPS) is 9.36. The molecule has 0 aromatic heterocycles. The molecule has 25 heavy (non-hydrogen) atoms. The van der Waals surface area contributed by atoms with Gasteiger partial charge >= 0.3 is 0 Å². The molecule has 0 atom stereocenters. The Kier molecular flexibility index (Phi) is 5.20. The third-order valence-electron chi connectivity index (χ3n) is 3.76. The van der Waals surface area contributed by atoms with Gasteiger partial charge < -0.3 is 4.90 Å². The lowest BCUT2D eigenvalue weighted by atomic mass is 10.1. The van der Waals surface area contributed by atoms with Gasteiger partial charge in [-0.25, -0.2) is 0 Å². The van der Waals surface area contributed by atoms with Crippen molar-refractivity contribution in [3.05, 3.63) is 101 Å². The summed E-state index contributed by atoms with van der Waals surface area (Å²) in [5.41, 5.74) is 5.02. The van der Waals surface area contributed by atoms with Crippen LogP contribution in [0.3, 0.4) is 0 Å². The van der Waals surface area contributed by atoms with E-state index in [9.17, 15) is 0 Å². The van der Waals surface area contributed by atoms with E-state index in [-0.39, 0.29) is 0 Å². The van der Waals surface area contributed by atoms with E-state index in [1.807, 2.05) is 86.9 Å². The maximum atomic E-state index is 3.29. The standard InChI is InChI=1S/C24H19N/c1-25(2)24-15-9-8-14-23(24)19-18-22-13-7-6-12-21(22)17-16-20-10-4-3-5-11-20/h3-15H,1-2H3. The predicted octanol–water partition coefficient (Wildman–Crippen LogP) is 4.55. The average Bonchev–Trinajstić information content (AvgIpc) is 2.66. The summed E-state index contributed by atoms with van der Waals surface area (Å²) in [5.74, 6) is 13.0. The SMILES string of the molecule is CN(C)c1ccccc1C#Cc1ccccc1C#Cc1ccccc1. The van der Waals surface area contributed by atoms with Crippen LogP contribution in [0.15, 0.2) is 78.9 Å². The van der Waals surface area contributed by atoms with Crippen molar-refractivity contribution in [2.45, 2.75) is 0 Å². The topological polar surface area (TPSA) is 3.24 Å². The zero-order valence-electron chi connectivity index (χ0n) is 14.5. The van der Waals surface area contributed by atoms with Crippen LogP contribution in [0.25, 0.3) is 0 Å². The Morgan fingerprint density at radius 2 is 1.00 bits per heavy atom. The van der Waals surface area contributed by atoms with Crippen molar-refractivity contribution >= 4 is 5.69 Å². The van der Waals surface area contributed by atoms with Crippen molar-refractivity contribution in [1.29, 1.82) is 0 Å². The number of hydrogen-bond acceptors (Lipinski definition) is 1. The Hall–Kier alpha value is -3.42. The van der Waals surface area contributed by atoms with E-state index in [0.29, 0.717) is 0 Å². The summed E-state index contributed by atoms with van der Waals surface area (Å²) < 4.78 is 0. The first-order valence-electron chi connectivity index (χ1n) is 8.18. The summed E-state index contributed by atoms with van der Waals surface area (Å²) in [7, 11) is 4.06. The van der Waals surface area contributed by atoms with Crippen LogP contribution in [0, 0.1) is 23.7 Å². The van der Waals surface area contributed by atoms with E-state index in [1.54, 1.807) is 0 Å². The Labute approximate surface area is 149 Å². The highest BCUT2D eigenvalue weighted by atomic mass is 15.1. The lowest BCUT2D eigenvalue weighted by Crippen LogP contribution is -2.10. The monoisotopic (exact) mass is 321 g/mol. The van der Waals surface area contributed by atoms with Crippen LogP contribution in [0.5, 0.6) is 0 Å². The van der Waals surface area contributed by atoms with Gasteiger partial charge in [0.05, 0.1) is 5.69 Å². The van der Waals surface area contributed by atoms with E-state index in [4.69, 9.17) is 0 Å². The number of para-hydroxylation sites is 1. The molecule has 0 aliphatic heterocycles. The van der Waals surface area contributed by atoms with Crippen LogP contribution in [-0.4, -0.2) is 14.1 Å². The maximum Gasteiger partial charge on any atom is 0.0520 e. The first-order valence-corrected chi connectivity index (χ1v) is 8.18. The van der Waals surface area contributed by atoms with Gasteiger partial charge in [0.15, 0.2) is 0 Å². The van der Waals surface area contributed by atoms with E-state index >= 15 is 0 Å². The molecule has 0 saturated carbocycles. The van der Waals surface area contributed by atoms with Gasteiger partial charge in [-0.2, -0.15) is 0 Å². The van der Waals surface area contributed by atoms with Gasteiger partial charge in [-0.3, -0.25) is 0 Å². The maximum absolute atomic E-state index is 3.29. The molecule has 3 rings (SSSR count). The molecule has 0 saturated heterocycles. The minimum absolute atomic E-state index is 0.944. The zero-order valence-corrected chi connectivity index (χ0v) is 14.5. The lowest BCUT2D eigenvalue weighted by molar-refractivity contribution is 1.13. The second-order valence-corrected chi connectivity index (χ2v) is 5.82. The highest BCUT2D eigenvalue weighted by molar-refractivity contribution is 5.62. The third kappa shape index (κ3) is 4.31. The van der Waals surface area contributed by atoms with E-state index < -0.39 is 0 Å². The first-order chi connectivity index (χ1) is 12.2. The quantitative estimate of drug-likeness (QED) is 0.594. The second kappa shape index (κ2) is 7.91. The molecule has 1 nitrogen and oxygen atoms in total. The average molecular weight is 321 g/mol. The van der Waals surface area contributed by atoms with Gasteiger partial charge in [0.1, 0.15) is 0 Å². The lowest BCUT2D eigenvalue weighted by Gasteiger charge is -2.13. The van der Waals surface area contributed by atoms with Crippen molar-refractivity contribution in [1.82, 2.24) is 0 Å². The molecule has 3 aromatic rings. The predicted molar refractivity (Wildman–Crippen MR) is 106 cm³/mol. The molecular weight excluding hydrogens is 302 g/mol. The van der Waals surface area contributed by atoms with Crippen LogP contribution in [-0.2, 0) is 0 Å². The van der Waals surface area contributed by atoms with Crippen LogP contribution in [0.4, 0.5) is 5.69 Å². The van der Waals surface area contributed by atoms with Crippen LogP contribution >= 0.6 is 0 Å². The molecule has 3 aromatic carbocycles. The Morgan fingerprint density at radius 1 is 0.520 bits per heavy atom. The fraction of sp³-hybridized carbons (Fsp3) is 0.0833. The number of rotatable bonds is 1. The minimum atomic E-state index is 0.944. The van der Waals surface area contributed by atoms with Crippen molar-refractivity contribution in [2.75, 3.05) is 19.0 Å². The summed E-state index contributed by atoms with van der Waals surface area (Å²) >= 11 is 0. The summed E-state index contributed by atoms with van der Waals surface area (Å²) in [6.07, 6.45) is 0. The fourth-order valence-electron chi connectivity index (χ4n) is 2.47. The largest absolute Gasteiger partial charge is 0.377 e. The van der Waals surface area contributed by atoms with Gasteiger partial charge in [0, 0.05) is 36.3 Å². The van der Waals surface area contributed by atoms with Gasteiger partial charge in [-0.15, -0.1) is 0 Å². The molecule has 0 bridgehead atoms. The smallest absolute Gasteiger partial charge is 0.0520 e. The van der Waals surface area contributed by atoms with Gasteiger partial charge in [0.25, 0.3) is 0 Å². The second-order valence-electron chi connectivity index (χ2n) is 5.82. The zero-order chi connectivity index (χ0) is 17.5. The number of hydrogen-bond donors (Lipinski definition) is 0. The molecule has 0 spiro atoms. The number of benzene rings is 3. The van der Waals surface area contributed by atoms with Gasteiger partial charge in [0.2, 0.25) is 0 Å². The van der Waals surface area contributed by atoms with Gasteiger partial charge in [-0.05, 0) is 36.4 Å². The molecule has 0 heterocycles. The molecule has 0 amide bonds. The molecule has 0 aliphatic rings. The minimum Gasteiger partial charge on any atom is -0.377 e. The van der Waals surface area contributed by atoms with E-state index in [1.165, 1.54) is 0 Å². The third-order valence-corrected chi connectivity index (χ3v) is 3.76. The fourth-order valence-corrected chi connectivity index (χ4v) is 2.47. The van der Waals surface area contributed by atoms with Crippen LogP contribution < -0.4 is 4.90 Å². The molecule has 120 valence electrons. The van der Waals surface area contributed by atoms with Crippen LogP contribution in [0.1, 0.15) is 22.3 Å². The van der Waals surface area contributed by atoms with E-state index in [2.05, 4.69) is 34.6 Å². The number of nitrogens with zero attached hydrogens (tertiary/aromatic N) is 1. The Balaban J connectivity index is 1.95. The van der Waals surface area contributed by atoms with Crippen molar-refractivity contribution in [2.24, 2.45) is 0 Å². The highest BCUT2D eigenvalue weighted by Gasteiger charge is 2.00. The molecule has 0 radical (unpaired) electrons. The summed E-state index contributed by atoms with van der Waals surface area (Å²) in [6.45, 7) is 0. The summed E-state index contributed by atoms with van der Waals surface area (Å²) in [6, 6.07) is 26.2. The van der Waals surface area contributed by atoms with Gasteiger partial charge in [-0.1, -0.05) is 66.1 Å². The molecule has 0 fully saturated rings. The van der Waals surface area contributed by atoms with Crippen molar-refractivity contribution in [3.63, 3.8) is 0 Å². The number of anilines is 1. The van der Waals surface area contributed by atoms with E-state index in [0.717, 1.165) is 27.9 Å². The van der Waals surface area contributed by atoms with Crippen molar-refractivity contribution < 1.29 is 0 Å². The first kappa shape index (κ1) is 16.4. The molecule has 1 heteroatoms. The summed E-state index contributed by atoms with van der Waals surface area (Å²) in [5, 5.41) is 0. The Morgan fingerprint density at radius 3 is 1.64 bits per heavy atom. The molecule has 0 unspecified atom stereocenters. The molecule has 0 aliphatic carbocycles. The molecule has 0 N–H and O–H groups in total. The summed E-state index contributed by atoms with van der Waals surface area (Å²) in [4.78, 5) is 2.07. The Bertz CT molecular complexity index is 977. The molecular formula is C24H19N.